The van der Waals surface area contributed by atoms with Crippen molar-refractivity contribution in [2.45, 2.75) is 25.7 Å². The first-order chi connectivity index (χ1) is 9.42. The summed E-state index contributed by atoms with van der Waals surface area (Å²) in [5.41, 5.74) is 0.350. The lowest BCUT2D eigenvalue weighted by molar-refractivity contribution is -0.119. The number of nitrogens with one attached hydrogen (secondary N) is 2. The van der Waals surface area contributed by atoms with Gasteiger partial charge in [-0.25, -0.2) is 8.42 Å². The monoisotopic (exact) mass is 298 g/mol. The predicted molar refractivity (Wildman–Crippen MR) is 80.5 cm³/mol. The summed E-state index contributed by atoms with van der Waals surface area (Å²) in [5.74, 6) is -0.413. The van der Waals surface area contributed by atoms with Gasteiger partial charge in [0, 0.05) is 12.5 Å². The molecule has 0 radical (unpaired) electrons. The van der Waals surface area contributed by atoms with Crippen LogP contribution in [0.25, 0.3) is 0 Å². The fourth-order valence-electron chi connectivity index (χ4n) is 1.71. The normalized spacial score (nSPS) is 12.9. The molecule has 20 heavy (non-hydrogen) atoms. The van der Waals surface area contributed by atoms with E-state index in [1.807, 2.05) is 6.92 Å². The van der Waals surface area contributed by atoms with Crippen LogP contribution in [0.2, 0.25) is 0 Å². The number of hydrogen-bond acceptors (Lipinski definition) is 4. The fraction of sp³-hybridized carbons (Fsp3) is 0.500. The summed E-state index contributed by atoms with van der Waals surface area (Å²) >= 11 is 0. The number of amides is 1. The van der Waals surface area contributed by atoms with E-state index < -0.39 is 9.84 Å². The van der Waals surface area contributed by atoms with Crippen molar-refractivity contribution in [2.24, 2.45) is 5.92 Å². The van der Waals surface area contributed by atoms with Crippen molar-refractivity contribution in [1.82, 2.24) is 5.32 Å². The Balaban J connectivity index is 2.91. The van der Waals surface area contributed by atoms with E-state index in [9.17, 15) is 13.2 Å². The van der Waals surface area contributed by atoms with Gasteiger partial charge in [-0.1, -0.05) is 32.9 Å². The second-order valence-corrected chi connectivity index (χ2v) is 6.84. The topological polar surface area (TPSA) is 75.3 Å². The standard InChI is InChI=1S/C14H22N2O3S/c1-4-15-10-11(3)14(17)16-12-8-6-7-9-13(12)20(18,19)5-2/h6-9,11,15H,4-5,10H2,1-3H3,(H,16,17). The molecule has 2 N–H and O–H groups in total. The SMILES string of the molecule is CCNCC(C)C(=O)Nc1ccccc1S(=O)(=O)CC. The van der Waals surface area contributed by atoms with Gasteiger partial charge in [-0.3, -0.25) is 4.79 Å². The average Bonchev–Trinajstić information content (AvgIpc) is 2.45. The van der Waals surface area contributed by atoms with Gasteiger partial charge in [0.2, 0.25) is 5.91 Å². The Morgan fingerprint density at radius 2 is 1.90 bits per heavy atom. The van der Waals surface area contributed by atoms with Gasteiger partial charge in [0.25, 0.3) is 0 Å². The van der Waals surface area contributed by atoms with E-state index in [0.29, 0.717) is 12.2 Å². The summed E-state index contributed by atoms with van der Waals surface area (Å²) in [6, 6.07) is 6.49. The number of rotatable bonds is 7. The summed E-state index contributed by atoms with van der Waals surface area (Å²) in [5, 5.41) is 5.79. The highest BCUT2D eigenvalue weighted by molar-refractivity contribution is 7.91. The first kappa shape index (κ1) is 16.7. The number of carbonyl (C=O) groups excluding carboxylic acids is 1. The third kappa shape index (κ3) is 4.31. The van der Waals surface area contributed by atoms with E-state index in [1.165, 1.54) is 6.07 Å². The van der Waals surface area contributed by atoms with Crippen LogP contribution in [0.4, 0.5) is 5.69 Å². The fourth-order valence-corrected chi connectivity index (χ4v) is 2.76. The molecule has 0 bridgehead atoms. The zero-order valence-electron chi connectivity index (χ0n) is 12.1. The zero-order chi connectivity index (χ0) is 15.2. The molecule has 1 amide bonds. The molecule has 1 aromatic carbocycles. The van der Waals surface area contributed by atoms with Crippen molar-refractivity contribution < 1.29 is 13.2 Å². The highest BCUT2D eigenvalue weighted by Gasteiger charge is 2.19. The molecule has 0 aliphatic carbocycles. The molecule has 0 aliphatic heterocycles. The summed E-state index contributed by atoms with van der Waals surface area (Å²) in [4.78, 5) is 12.2. The van der Waals surface area contributed by atoms with Gasteiger partial charge in [0.15, 0.2) is 9.84 Å². The number of para-hydroxylation sites is 1. The number of carbonyl (C=O) groups is 1. The minimum atomic E-state index is -3.35. The van der Waals surface area contributed by atoms with Crippen LogP contribution in [0.5, 0.6) is 0 Å². The molecule has 0 saturated carbocycles. The molecule has 0 heterocycles. The van der Waals surface area contributed by atoms with Gasteiger partial charge in [-0.05, 0) is 18.7 Å². The molecule has 1 rings (SSSR count). The first-order valence-corrected chi connectivity index (χ1v) is 8.41. The maximum atomic E-state index is 12.0. The zero-order valence-corrected chi connectivity index (χ0v) is 13.0. The smallest absolute Gasteiger partial charge is 0.228 e. The van der Waals surface area contributed by atoms with Crippen LogP contribution in [-0.4, -0.2) is 33.2 Å². The molecule has 0 aromatic heterocycles. The first-order valence-electron chi connectivity index (χ1n) is 6.75. The van der Waals surface area contributed by atoms with E-state index in [2.05, 4.69) is 10.6 Å². The van der Waals surface area contributed by atoms with E-state index >= 15 is 0 Å². The largest absolute Gasteiger partial charge is 0.325 e. The van der Waals surface area contributed by atoms with Crippen LogP contribution in [0.3, 0.4) is 0 Å². The molecule has 112 valence electrons. The summed E-state index contributed by atoms with van der Waals surface area (Å²) in [6.45, 7) is 6.70. The third-order valence-corrected chi connectivity index (χ3v) is 4.79. The molecule has 0 fully saturated rings. The molecule has 6 heteroatoms. The Labute approximate surface area is 120 Å². The Kier molecular flexibility index (Phi) is 6.16. The molecule has 1 unspecified atom stereocenters. The van der Waals surface area contributed by atoms with Gasteiger partial charge in [0.1, 0.15) is 0 Å². The van der Waals surface area contributed by atoms with Crippen LogP contribution < -0.4 is 10.6 Å². The minimum Gasteiger partial charge on any atom is -0.325 e. The number of benzene rings is 1. The summed E-state index contributed by atoms with van der Waals surface area (Å²) in [7, 11) is -3.35. The molecule has 0 aliphatic rings. The Morgan fingerprint density at radius 3 is 2.50 bits per heavy atom. The Hall–Kier alpha value is -1.40. The number of hydrogen-bond donors (Lipinski definition) is 2. The molecule has 1 atom stereocenters. The van der Waals surface area contributed by atoms with E-state index in [4.69, 9.17) is 0 Å². The van der Waals surface area contributed by atoms with Gasteiger partial charge in [-0.2, -0.15) is 0 Å². The Morgan fingerprint density at radius 1 is 1.25 bits per heavy atom. The predicted octanol–water partition coefficient (Wildman–Crippen LogP) is 1.66. The van der Waals surface area contributed by atoms with E-state index in [-0.39, 0.29) is 22.5 Å². The van der Waals surface area contributed by atoms with E-state index in [1.54, 1.807) is 32.0 Å². The third-order valence-electron chi connectivity index (χ3n) is 3.01. The molecule has 0 spiro atoms. The molecule has 1 aromatic rings. The maximum Gasteiger partial charge on any atom is 0.228 e. The van der Waals surface area contributed by atoms with Crippen LogP contribution in [0.1, 0.15) is 20.8 Å². The second kappa shape index (κ2) is 7.40. The lowest BCUT2D eigenvalue weighted by Gasteiger charge is -2.15. The second-order valence-electron chi connectivity index (χ2n) is 4.60. The van der Waals surface area contributed by atoms with Crippen LogP contribution >= 0.6 is 0 Å². The number of sulfone groups is 1. The maximum absolute atomic E-state index is 12.0. The lowest BCUT2D eigenvalue weighted by Crippen LogP contribution is -2.30. The number of anilines is 1. The van der Waals surface area contributed by atoms with Gasteiger partial charge in [-0.15, -0.1) is 0 Å². The highest BCUT2D eigenvalue weighted by Crippen LogP contribution is 2.22. The van der Waals surface area contributed by atoms with Crippen molar-refractivity contribution in [2.75, 3.05) is 24.2 Å². The average molecular weight is 298 g/mol. The minimum absolute atomic E-state index is 0.00677. The quantitative estimate of drug-likeness (QED) is 0.803. The molecular weight excluding hydrogens is 276 g/mol. The van der Waals surface area contributed by atoms with Gasteiger partial charge >= 0.3 is 0 Å². The lowest BCUT2D eigenvalue weighted by atomic mass is 10.1. The van der Waals surface area contributed by atoms with Crippen molar-refractivity contribution in [3.05, 3.63) is 24.3 Å². The molecule has 0 saturated heterocycles. The van der Waals surface area contributed by atoms with Gasteiger partial charge < -0.3 is 10.6 Å². The van der Waals surface area contributed by atoms with E-state index in [0.717, 1.165) is 6.54 Å². The summed E-state index contributed by atoms with van der Waals surface area (Å²) in [6.07, 6.45) is 0. The van der Waals surface area contributed by atoms with Crippen LogP contribution in [0.15, 0.2) is 29.2 Å². The van der Waals surface area contributed by atoms with Crippen molar-refractivity contribution in [3.8, 4) is 0 Å². The molecular formula is C14H22N2O3S. The summed E-state index contributed by atoms with van der Waals surface area (Å²) < 4.78 is 24.0. The van der Waals surface area contributed by atoms with Crippen molar-refractivity contribution in [1.29, 1.82) is 0 Å². The van der Waals surface area contributed by atoms with Crippen molar-refractivity contribution >= 4 is 21.4 Å². The highest BCUT2D eigenvalue weighted by atomic mass is 32.2. The Bertz CT molecular complexity index is 555. The van der Waals surface area contributed by atoms with Gasteiger partial charge in [0.05, 0.1) is 16.3 Å². The van der Waals surface area contributed by atoms with Crippen LogP contribution in [-0.2, 0) is 14.6 Å². The molecule has 5 nitrogen and oxygen atoms in total. The van der Waals surface area contributed by atoms with Crippen molar-refractivity contribution in [3.63, 3.8) is 0 Å². The van der Waals surface area contributed by atoms with Crippen LogP contribution in [0, 0.1) is 5.92 Å².